The number of carboxylic acid groups (broad SMARTS) is 1. The molecule has 0 saturated heterocycles. The zero-order valence-corrected chi connectivity index (χ0v) is 14.2. The number of nitrogens with one attached hydrogen (secondary N) is 2. The molecule has 1 atom stereocenters. The highest BCUT2D eigenvalue weighted by Crippen LogP contribution is 2.27. The van der Waals surface area contributed by atoms with E-state index in [0.717, 1.165) is 45.4 Å². The fraction of sp³-hybridized carbons (Fsp3) is 0.824. The van der Waals surface area contributed by atoms with Gasteiger partial charge in [-0.1, -0.05) is 12.8 Å². The van der Waals surface area contributed by atoms with Crippen LogP contribution in [0.3, 0.4) is 0 Å². The van der Waals surface area contributed by atoms with Crippen molar-refractivity contribution < 1.29 is 24.6 Å². The van der Waals surface area contributed by atoms with Crippen LogP contribution in [-0.4, -0.2) is 46.2 Å². The van der Waals surface area contributed by atoms with Gasteiger partial charge in [0.1, 0.15) is 0 Å². The molecule has 2 amide bonds. The van der Waals surface area contributed by atoms with Crippen molar-refractivity contribution in [1.29, 1.82) is 0 Å². The number of hydrogen-bond donors (Lipinski definition) is 4. The lowest BCUT2D eigenvalue weighted by Crippen LogP contribution is -2.48. The van der Waals surface area contributed by atoms with E-state index in [9.17, 15) is 19.5 Å². The van der Waals surface area contributed by atoms with Gasteiger partial charge in [-0.2, -0.15) is 0 Å². The van der Waals surface area contributed by atoms with Gasteiger partial charge >= 0.3 is 5.97 Å². The minimum Gasteiger partial charge on any atom is -0.479 e. The Labute approximate surface area is 142 Å². The number of aliphatic hydroxyl groups is 1. The predicted octanol–water partition coefficient (Wildman–Crippen LogP) is 0.803. The zero-order valence-electron chi connectivity index (χ0n) is 14.2. The number of carbonyl (C=O) groups is 3. The molecule has 2 rings (SSSR count). The highest BCUT2D eigenvalue weighted by molar-refractivity contribution is 5.82. The molecular formula is C17H28N2O5. The fourth-order valence-corrected chi connectivity index (χ4v) is 3.49. The molecule has 2 aliphatic carbocycles. The van der Waals surface area contributed by atoms with E-state index in [1.807, 2.05) is 0 Å². The lowest BCUT2D eigenvalue weighted by atomic mass is 9.85. The molecule has 0 radical (unpaired) electrons. The summed E-state index contributed by atoms with van der Waals surface area (Å²) in [5.74, 6) is -1.46. The summed E-state index contributed by atoms with van der Waals surface area (Å²) >= 11 is 0. The molecular weight excluding hydrogens is 312 g/mol. The Morgan fingerprint density at radius 3 is 2.04 bits per heavy atom. The molecule has 0 aromatic rings. The van der Waals surface area contributed by atoms with Crippen LogP contribution in [-0.2, 0) is 14.4 Å². The van der Waals surface area contributed by atoms with E-state index in [1.165, 1.54) is 0 Å². The van der Waals surface area contributed by atoms with Gasteiger partial charge in [-0.05, 0) is 45.4 Å². The Bertz CT molecular complexity index is 477. The van der Waals surface area contributed by atoms with Gasteiger partial charge in [0.2, 0.25) is 11.8 Å². The van der Waals surface area contributed by atoms with Crippen LogP contribution in [0.15, 0.2) is 0 Å². The van der Waals surface area contributed by atoms with Crippen LogP contribution in [0.2, 0.25) is 0 Å². The van der Waals surface area contributed by atoms with Crippen molar-refractivity contribution in [2.45, 2.75) is 69.9 Å². The molecule has 2 saturated carbocycles. The molecule has 0 heterocycles. The molecule has 4 N–H and O–H groups in total. The van der Waals surface area contributed by atoms with Gasteiger partial charge in [0.15, 0.2) is 5.60 Å². The summed E-state index contributed by atoms with van der Waals surface area (Å²) in [6, 6.07) is 0.129. The summed E-state index contributed by atoms with van der Waals surface area (Å²) in [6.07, 6.45) is 7.06. The maximum Gasteiger partial charge on any atom is 0.337 e. The Morgan fingerprint density at radius 2 is 1.50 bits per heavy atom. The third-order valence-electron chi connectivity index (χ3n) is 5.24. The normalized spacial score (nSPS) is 27.2. The van der Waals surface area contributed by atoms with Gasteiger partial charge in [0.05, 0.1) is 6.54 Å². The number of aliphatic carboxylic acids is 1. The van der Waals surface area contributed by atoms with Crippen molar-refractivity contribution in [3.05, 3.63) is 0 Å². The van der Waals surface area contributed by atoms with Gasteiger partial charge in [-0.3, -0.25) is 9.59 Å². The molecule has 7 heteroatoms. The van der Waals surface area contributed by atoms with Gasteiger partial charge in [0, 0.05) is 17.9 Å². The lowest BCUT2D eigenvalue weighted by molar-refractivity contribution is -0.156. The fourth-order valence-electron chi connectivity index (χ4n) is 3.49. The smallest absolute Gasteiger partial charge is 0.337 e. The summed E-state index contributed by atoms with van der Waals surface area (Å²) in [4.78, 5) is 35.1. The van der Waals surface area contributed by atoms with Gasteiger partial charge in [0.25, 0.3) is 0 Å². The predicted molar refractivity (Wildman–Crippen MR) is 87.1 cm³/mol. The number of carbonyl (C=O) groups excluding carboxylic acids is 2. The number of carboxylic acids is 1. The van der Waals surface area contributed by atoms with Crippen LogP contribution >= 0.6 is 0 Å². The molecule has 0 bridgehead atoms. The molecule has 24 heavy (non-hydrogen) atoms. The van der Waals surface area contributed by atoms with Gasteiger partial charge in [-0.15, -0.1) is 0 Å². The van der Waals surface area contributed by atoms with Crippen LogP contribution in [0.25, 0.3) is 0 Å². The highest BCUT2D eigenvalue weighted by atomic mass is 16.4. The van der Waals surface area contributed by atoms with Crippen LogP contribution in [0.5, 0.6) is 0 Å². The summed E-state index contributed by atoms with van der Waals surface area (Å²) < 4.78 is 0. The Hall–Kier alpha value is -1.63. The van der Waals surface area contributed by atoms with Crippen LogP contribution in [0.4, 0.5) is 0 Å². The first-order chi connectivity index (χ1) is 11.3. The molecule has 1 unspecified atom stereocenters. The Balaban J connectivity index is 1.71. The first kappa shape index (κ1) is 18.7. The zero-order chi connectivity index (χ0) is 17.7. The molecule has 0 aromatic carbocycles. The monoisotopic (exact) mass is 340 g/mol. The maximum atomic E-state index is 12.1. The van der Waals surface area contributed by atoms with Crippen molar-refractivity contribution in [2.24, 2.45) is 11.8 Å². The minimum absolute atomic E-state index is 0.129. The van der Waals surface area contributed by atoms with Crippen molar-refractivity contribution in [3.8, 4) is 0 Å². The third kappa shape index (κ3) is 4.93. The summed E-state index contributed by atoms with van der Waals surface area (Å²) in [7, 11) is 0. The second-order valence-corrected chi connectivity index (χ2v) is 7.34. The van der Waals surface area contributed by atoms with E-state index >= 15 is 0 Å². The molecule has 0 aliphatic heterocycles. The molecule has 0 aromatic heterocycles. The van der Waals surface area contributed by atoms with E-state index in [4.69, 9.17) is 5.11 Å². The van der Waals surface area contributed by atoms with Crippen molar-refractivity contribution in [1.82, 2.24) is 10.6 Å². The average Bonchev–Trinajstić information content (AvgIpc) is 3.08. The van der Waals surface area contributed by atoms with Crippen molar-refractivity contribution >= 4 is 17.8 Å². The first-order valence-electron chi connectivity index (χ1n) is 8.83. The molecule has 0 spiro atoms. The molecule has 7 nitrogen and oxygen atoms in total. The molecule has 2 aliphatic rings. The van der Waals surface area contributed by atoms with Crippen LogP contribution < -0.4 is 10.6 Å². The Kier molecular flexibility index (Phi) is 6.21. The quantitative estimate of drug-likeness (QED) is 0.571. The lowest BCUT2D eigenvalue weighted by Gasteiger charge is -2.29. The van der Waals surface area contributed by atoms with E-state index in [1.54, 1.807) is 0 Å². The van der Waals surface area contributed by atoms with Gasteiger partial charge in [-0.25, -0.2) is 4.79 Å². The minimum atomic E-state index is -1.96. The van der Waals surface area contributed by atoms with Crippen molar-refractivity contribution in [2.75, 3.05) is 6.54 Å². The summed E-state index contributed by atoms with van der Waals surface area (Å²) in [6.45, 7) is 0.852. The summed E-state index contributed by atoms with van der Waals surface area (Å²) in [5.41, 5.74) is -1.96. The first-order valence-corrected chi connectivity index (χ1v) is 8.83. The van der Waals surface area contributed by atoms with E-state index in [-0.39, 0.29) is 36.2 Å². The second kappa shape index (κ2) is 7.96. The topological polar surface area (TPSA) is 116 Å². The standard InChI is InChI=1S/C17H28N2O5/c1-17(24,16(22)23)10-18-14(20)12-6-8-13(9-7-12)19-15(21)11-4-2-3-5-11/h11-13,24H,2-10H2,1H3,(H,18,20)(H,19,21)(H,22,23). The molecule has 136 valence electrons. The number of rotatable bonds is 6. The van der Waals surface area contributed by atoms with Crippen LogP contribution in [0, 0.1) is 11.8 Å². The van der Waals surface area contributed by atoms with E-state index in [2.05, 4.69) is 10.6 Å². The van der Waals surface area contributed by atoms with E-state index < -0.39 is 11.6 Å². The van der Waals surface area contributed by atoms with Crippen LogP contribution in [0.1, 0.15) is 58.3 Å². The Morgan fingerprint density at radius 1 is 0.958 bits per heavy atom. The molecule has 2 fully saturated rings. The summed E-state index contributed by atoms with van der Waals surface area (Å²) in [5, 5.41) is 24.1. The number of hydrogen-bond acceptors (Lipinski definition) is 4. The highest BCUT2D eigenvalue weighted by Gasteiger charge is 2.33. The maximum absolute atomic E-state index is 12.1. The SMILES string of the molecule is CC(O)(CNC(=O)C1CCC(NC(=O)C2CCCC2)CC1)C(=O)O. The van der Waals surface area contributed by atoms with E-state index in [0.29, 0.717) is 12.8 Å². The van der Waals surface area contributed by atoms with Gasteiger partial charge < -0.3 is 20.8 Å². The third-order valence-corrected chi connectivity index (χ3v) is 5.24. The second-order valence-electron chi connectivity index (χ2n) is 7.34. The largest absolute Gasteiger partial charge is 0.479 e. The average molecular weight is 340 g/mol. The number of amides is 2. The van der Waals surface area contributed by atoms with Crippen molar-refractivity contribution in [3.63, 3.8) is 0 Å².